The summed E-state index contributed by atoms with van der Waals surface area (Å²) >= 11 is 0. The Labute approximate surface area is 119 Å². The Morgan fingerprint density at radius 3 is 2.60 bits per heavy atom. The molecule has 0 aromatic heterocycles. The zero-order valence-electron chi connectivity index (χ0n) is 12.2. The fourth-order valence-electron chi connectivity index (χ4n) is 1.85. The molecule has 0 aliphatic rings. The lowest BCUT2D eigenvalue weighted by atomic mass is 10.1. The normalized spacial score (nSPS) is 10.2. The second-order valence-electron chi connectivity index (χ2n) is 4.68. The van der Waals surface area contributed by atoms with Crippen LogP contribution in [0.15, 0.2) is 18.2 Å². The Bertz CT molecular complexity index is 472. The van der Waals surface area contributed by atoms with Crippen molar-refractivity contribution in [2.24, 2.45) is 5.73 Å². The average molecular weight is 277 g/mol. The van der Waals surface area contributed by atoms with Crippen molar-refractivity contribution in [1.29, 1.82) is 0 Å². The Morgan fingerprint density at radius 2 is 2.00 bits per heavy atom. The highest BCUT2D eigenvalue weighted by Gasteiger charge is 2.08. The summed E-state index contributed by atoms with van der Waals surface area (Å²) in [5.74, 6) is -0.122. The van der Waals surface area contributed by atoms with Crippen LogP contribution in [0.1, 0.15) is 42.1 Å². The summed E-state index contributed by atoms with van der Waals surface area (Å²) in [6, 6.07) is 5.26. The lowest BCUT2D eigenvalue weighted by Crippen LogP contribution is -2.22. The monoisotopic (exact) mass is 277 g/mol. The molecule has 5 nitrogen and oxygen atoms in total. The number of nitrogens with one attached hydrogen (secondary N) is 2. The highest BCUT2D eigenvalue weighted by atomic mass is 16.2. The molecule has 0 unspecified atom stereocenters. The van der Waals surface area contributed by atoms with Crippen LogP contribution in [-0.2, 0) is 4.79 Å². The van der Waals surface area contributed by atoms with Crippen LogP contribution in [0.25, 0.3) is 0 Å². The Balaban J connectivity index is 2.64. The fourth-order valence-corrected chi connectivity index (χ4v) is 1.85. The van der Waals surface area contributed by atoms with Crippen molar-refractivity contribution >= 4 is 17.5 Å². The van der Waals surface area contributed by atoms with E-state index < -0.39 is 0 Å². The highest BCUT2D eigenvalue weighted by Crippen LogP contribution is 2.17. The zero-order chi connectivity index (χ0) is 15.0. The van der Waals surface area contributed by atoms with Crippen LogP contribution < -0.4 is 16.4 Å². The maximum absolute atomic E-state index is 11.7. The minimum Gasteiger partial charge on any atom is -0.352 e. The van der Waals surface area contributed by atoms with Gasteiger partial charge in [0.05, 0.1) is 0 Å². The number of hydrogen-bond donors (Lipinski definition) is 3. The van der Waals surface area contributed by atoms with Crippen LogP contribution in [0.2, 0.25) is 0 Å². The third-order valence-electron chi connectivity index (χ3n) is 2.96. The Morgan fingerprint density at radius 1 is 1.25 bits per heavy atom. The maximum atomic E-state index is 11.7. The third kappa shape index (κ3) is 5.01. The molecule has 0 aliphatic carbocycles. The Hall–Kier alpha value is -1.88. The predicted molar refractivity (Wildman–Crippen MR) is 80.7 cm³/mol. The first-order chi connectivity index (χ1) is 9.58. The van der Waals surface area contributed by atoms with Gasteiger partial charge in [0.2, 0.25) is 5.91 Å². The van der Waals surface area contributed by atoms with E-state index in [-0.39, 0.29) is 11.8 Å². The molecular formula is C15H23N3O2. The van der Waals surface area contributed by atoms with Crippen molar-refractivity contribution in [3.05, 3.63) is 29.3 Å². The van der Waals surface area contributed by atoms with Gasteiger partial charge in [0.25, 0.3) is 5.91 Å². The SMILES string of the molecule is CCNC(=O)c1ccc(NC(=O)CCCCN)c(C)c1. The van der Waals surface area contributed by atoms with Crippen molar-refractivity contribution in [2.75, 3.05) is 18.4 Å². The second-order valence-corrected chi connectivity index (χ2v) is 4.68. The average Bonchev–Trinajstić information content (AvgIpc) is 2.41. The van der Waals surface area contributed by atoms with Gasteiger partial charge in [0, 0.05) is 24.2 Å². The zero-order valence-corrected chi connectivity index (χ0v) is 12.2. The summed E-state index contributed by atoms with van der Waals surface area (Å²) in [6.45, 7) is 4.95. The van der Waals surface area contributed by atoms with Crippen molar-refractivity contribution in [1.82, 2.24) is 5.32 Å². The molecule has 0 bridgehead atoms. The van der Waals surface area contributed by atoms with Gasteiger partial charge in [-0.25, -0.2) is 0 Å². The van der Waals surface area contributed by atoms with Crippen LogP contribution in [0.3, 0.4) is 0 Å². The van der Waals surface area contributed by atoms with E-state index in [0.29, 0.717) is 25.1 Å². The molecule has 4 N–H and O–H groups in total. The second kappa shape index (κ2) is 8.32. The van der Waals surface area contributed by atoms with Gasteiger partial charge in [-0.15, -0.1) is 0 Å². The molecule has 0 aliphatic heterocycles. The van der Waals surface area contributed by atoms with Crippen LogP contribution in [0, 0.1) is 6.92 Å². The molecular weight excluding hydrogens is 254 g/mol. The number of anilines is 1. The van der Waals surface area contributed by atoms with E-state index >= 15 is 0 Å². The van der Waals surface area contributed by atoms with E-state index in [2.05, 4.69) is 10.6 Å². The molecule has 0 heterocycles. The molecule has 1 aromatic carbocycles. The summed E-state index contributed by atoms with van der Waals surface area (Å²) in [5, 5.41) is 5.60. The van der Waals surface area contributed by atoms with Crippen molar-refractivity contribution < 1.29 is 9.59 Å². The summed E-state index contributed by atoms with van der Waals surface area (Å²) in [4.78, 5) is 23.4. The molecule has 0 radical (unpaired) electrons. The number of carbonyl (C=O) groups excluding carboxylic acids is 2. The van der Waals surface area contributed by atoms with Crippen molar-refractivity contribution in [2.45, 2.75) is 33.1 Å². The van der Waals surface area contributed by atoms with Gasteiger partial charge in [-0.1, -0.05) is 0 Å². The van der Waals surface area contributed by atoms with Crippen LogP contribution in [0.5, 0.6) is 0 Å². The van der Waals surface area contributed by atoms with E-state index in [9.17, 15) is 9.59 Å². The molecule has 1 rings (SSSR count). The smallest absolute Gasteiger partial charge is 0.251 e. The molecule has 110 valence electrons. The van der Waals surface area contributed by atoms with Gasteiger partial charge in [-0.2, -0.15) is 0 Å². The first kappa shape index (κ1) is 16.2. The molecule has 0 spiro atoms. The molecule has 20 heavy (non-hydrogen) atoms. The lowest BCUT2D eigenvalue weighted by Gasteiger charge is -2.10. The first-order valence-corrected chi connectivity index (χ1v) is 6.97. The summed E-state index contributed by atoms with van der Waals surface area (Å²) in [7, 11) is 0. The molecule has 0 saturated carbocycles. The highest BCUT2D eigenvalue weighted by molar-refractivity contribution is 5.96. The number of aryl methyl sites for hydroxylation is 1. The molecule has 1 aromatic rings. The number of unbranched alkanes of at least 4 members (excludes halogenated alkanes) is 1. The predicted octanol–water partition coefficient (Wildman–Crippen LogP) is 1.81. The van der Waals surface area contributed by atoms with E-state index in [1.165, 1.54) is 0 Å². The molecule has 0 fully saturated rings. The van der Waals surface area contributed by atoms with Gasteiger partial charge < -0.3 is 16.4 Å². The van der Waals surface area contributed by atoms with E-state index in [1.54, 1.807) is 18.2 Å². The van der Waals surface area contributed by atoms with Crippen LogP contribution in [0.4, 0.5) is 5.69 Å². The minimum atomic E-state index is -0.101. The number of amides is 2. The minimum absolute atomic E-state index is 0.0210. The number of rotatable bonds is 7. The van der Waals surface area contributed by atoms with Crippen molar-refractivity contribution in [3.8, 4) is 0 Å². The van der Waals surface area contributed by atoms with Crippen LogP contribution in [-0.4, -0.2) is 24.9 Å². The first-order valence-electron chi connectivity index (χ1n) is 6.97. The molecule has 0 saturated heterocycles. The summed E-state index contributed by atoms with van der Waals surface area (Å²) in [6.07, 6.45) is 2.11. The topological polar surface area (TPSA) is 84.2 Å². The van der Waals surface area contributed by atoms with Gasteiger partial charge in [-0.05, 0) is 57.0 Å². The van der Waals surface area contributed by atoms with E-state index in [0.717, 1.165) is 24.1 Å². The van der Waals surface area contributed by atoms with Gasteiger partial charge >= 0.3 is 0 Å². The number of hydrogen-bond acceptors (Lipinski definition) is 3. The molecule has 2 amide bonds. The van der Waals surface area contributed by atoms with Crippen molar-refractivity contribution in [3.63, 3.8) is 0 Å². The quantitative estimate of drug-likeness (QED) is 0.665. The van der Waals surface area contributed by atoms with E-state index in [4.69, 9.17) is 5.73 Å². The van der Waals surface area contributed by atoms with E-state index in [1.807, 2.05) is 13.8 Å². The maximum Gasteiger partial charge on any atom is 0.251 e. The lowest BCUT2D eigenvalue weighted by molar-refractivity contribution is -0.116. The summed E-state index contributed by atoms with van der Waals surface area (Å²) < 4.78 is 0. The fraction of sp³-hybridized carbons (Fsp3) is 0.467. The standard InChI is InChI=1S/C15H23N3O2/c1-3-17-15(20)12-7-8-13(11(2)10-12)18-14(19)6-4-5-9-16/h7-8,10H,3-6,9,16H2,1-2H3,(H,17,20)(H,18,19). The third-order valence-corrected chi connectivity index (χ3v) is 2.96. The largest absolute Gasteiger partial charge is 0.352 e. The molecule has 0 atom stereocenters. The molecule has 5 heteroatoms. The van der Waals surface area contributed by atoms with Gasteiger partial charge in [0.1, 0.15) is 0 Å². The number of nitrogens with two attached hydrogens (primary N) is 1. The van der Waals surface area contributed by atoms with Gasteiger partial charge in [-0.3, -0.25) is 9.59 Å². The number of benzene rings is 1. The van der Waals surface area contributed by atoms with Gasteiger partial charge in [0.15, 0.2) is 0 Å². The summed E-state index contributed by atoms with van der Waals surface area (Å²) in [5.41, 5.74) is 7.62. The Kier molecular flexibility index (Phi) is 6.73. The number of carbonyl (C=O) groups is 2. The van der Waals surface area contributed by atoms with Crippen LogP contribution >= 0.6 is 0 Å².